The third-order valence-corrected chi connectivity index (χ3v) is 2.56. The fourth-order valence-electron chi connectivity index (χ4n) is 1.03. The van der Waals surface area contributed by atoms with Crippen molar-refractivity contribution in [3.63, 3.8) is 0 Å². The van der Waals surface area contributed by atoms with E-state index in [0.717, 1.165) is 0 Å². The Morgan fingerprint density at radius 1 is 1.60 bits per heavy atom. The number of halogens is 1. The van der Waals surface area contributed by atoms with Crippen LogP contribution in [0.1, 0.15) is 13.8 Å². The first kappa shape index (κ1) is 12.0. The predicted molar refractivity (Wildman–Crippen MR) is 61.8 cm³/mol. The molecule has 5 heteroatoms. The zero-order chi connectivity index (χ0) is 11.3. The highest BCUT2D eigenvalue weighted by Gasteiger charge is 2.11. The summed E-state index contributed by atoms with van der Waals surface area (Å²) in [6, 6.07) is 1.94. The third-order valence-electron chi connectivity index (χ3n) is 2.11. The number of ether oxygens (including phenoxy) is 1. The van der Waals surface area contributed by atoms with E-state index in [1.54, 1.807) is 12.3 Å². The first-order valence-electron chi connectivity index (χ1n) is 4.93. The van der Waals surface area contributed by atoms with Crippen LogP contribution in [0.3, 0.4) is 0 Å². The van der Waals surface area contributed by atoms with Crippen molar-refractivity contribution in [2.75, 3.05) is 24.4 Å². The van der Waals surface area contributed by atoms with Crippen LogP contribution in [-0.2, 0) is 0 Å². The maximum absolute atomic E-state index is 5.77. The van der Waals surface area contributed by atoms with Gasteiger partial charge >= 0.3 is 0 Å². The molecule has 1 unspecified atom stereocenters. The van der Waals surface area contributed by atoms with Gasteiger partial charge in [0.25, 0.3) is 0 Å². The van der Waals surface area contributed by atoms with E-state index >= 15 is 0 Å². The molecule has 84 valence electrons. The van der Waals surface area contributed by atoms with E-state index in [9.17, 15) is 0 Å². The molecule has 0 aromatic carbocycles. The summed E-state index contributed by atoms with van der Waals surface area (Å²) in [5, 5.41) is 0. The first-order chi connectivity index (χ1) is 7.19. The summed E-state index contributed by atoms with van der Waals surface area (Å²) >= 11 is 5.77. The van der Waals surface area contributed by atoms with Gasteiger partial charge in [-0.2, -0.15) is 4.98 Å². The molecule has 15 heavy (non-hydrogen) atoms. The van der Waals surface area contributed by atoms with Crippen molar-refractivity contribution in [2.45, 2.75) is 19.9 Å². The largest absolute Gasteiger partial charge is 0.478 e. The number of rotatable bonds is 5. The molecule has 1 aromatic rings. The van der Waals surface area contributed by atoms with E-state index < -0.39 is 0 Å². The van der Waals surface area contributed by atoms with Crippen molar-refractivity contribution in [1.29, 1.82) is 0 Å². The molecule has 0 spiro atoms. The first-order valence-corrected chi connectivity index (χ1v) is 5.47. The molecular weight excluding hydrogens is 214 g/mol. The van der Waals surface area contributed by atoms with Gasteiger partial charge in [-0.1, -0.05) is 0 Å². The zero-order valence-electron chi connectivity index (χ0n) is 9.27. The molecule has 1 atom stereocenters. The van der Waals surface area contributed by atoms with Crippen molar-refractivity contribution >= 4 is 17.5 Å². The summed E-state index contributed by atoms with van der Waals surface area (Å²) in [7, 11) is 1.91. The third kappa shape index (κ3) is 3.23. The van der Waals surface area contributed by atoms with Crippen molar-refractivity contribution in [3.8, 4) is 5.88 Å². The van der Waals surface area contributed by atoms with E-state index in [4.69, 9.17) is 16.3 Å². The van der Waals surface area contributed by atoms with E-state index in [1.807, 2.05) is 25.8 Å². The number of hydrogen-bond acceptors (Lipinski definition) is 4. The van der Waals surface area contributed by atoms with Gasteiger partial charge < -0.3 is 9.64 Å². The Morgan fingerprint density at radius 3 is 2.93 bits per heavy atom. The van der Waals surface area contributed by atoms with Gasteiger partial charge in [0.05, 0.1) is 6.61 Å². The predicted octanol–water partition coefficient (Wildman–Crippen LogP) is 1.94. The highest BCUT2D eigenvalue weighted by molar-refractivity contribution is 6.18. The molecule has 0 saturated heterocycles. The van der Waals surface area contributed by atoms with Gasteiger partial charge in [0.2, 0.25) is 11.8 Å². The van der Waals surface area contributed by atoms with Gasteiger partial charge in [-0.3, -0.25) is 0 Å². The van der Waals surface area contributed by atoms with Gasteiger partial charge in [0, 0.05) is 31.2 Å². The molecule has 0 fully saturated rings. The van der Waals surface area contributed by atoms with Gasteiger partial charge in [0.15, 0.2) is 0 Å². The van der Waals surface area contributed by atoms with Crippen LogP contribution in [0.5, 0.6) is 5.88 Å². The summed E-state index contributed by atoms with van der Waals surface area (Å²) < 4.78 is 5.30. The SMILES string of the molecule is CCOc1ccnc(N(C)C(C)CCl)n1. The van der Waals surface area contributed by atoms with Crippen LogP contribution in [0, 0.1) is 0 Å². The summed E-state index contributed by atoms with van der Waals surface area (Å²) in [6.45, 7) is 4.54. The lowest BCUT2D eigenvalue weighted by Crippen LogP contribution is -2.31. The molecule has 1 aromatic heterocycles. The monoisotopic (exact) mass is 229 g/mol. The second-order valence-electron chi connectivity index (χ2n) is 3.24. The van der Waals surface area contributed by atoms with Gasteiger partial charge in [-0.25, -0.2) is 4.98 Å². The minimum absolute atomic E-state index is 0.198. The number of nitrogens with zero attached hydrogens (tertiary/aromatic N) is 3. The van der Waals surface area contributed by atoms with E-state index in [1.165, 1.54) is 0 Å². The second kappa shape index (κ2) is 5.75. The van der Waals surface area contributed by atoms with E-state index in [0.29, 0.717) is 24.3 Å². The number of hydrogen-bond donors (Lipinski definition) is 0. The fourth-order valence-corrected chi connectivity index (χ4v) is 1.24. The van der Waals surface area contributed by atoms with Crippen LogP contribution in [0.2, 0.25) is 0 Å². The average Bonchev–Trinajstić information content (AvgIpc) is 2.28. The topological polar surface area (TPSA) is 38.2 Å². The lowest BCUT2D eigenvalue weighted by atomic mass is 10.3. The summed E-state index contributed by atoms with van der Waals surface area (Å²) in [6.07, 6.45) is 1.69. The lowest BCUT2D eigenvalue weighted by Gasteiger charge is -2.22. The van der Waals surface area contributed by atoms with Gasteiger partial charge in [0.1, 0.15) is 0 Å². The molecule has 1 heterocycles. The Hall–Kier alpha value is -1.03. The smallest absolute Gasteiger partial charge is 0.228 e. The maximum atomic E-state index is 5.77. The number of anilines is 1. The second-order valence-corrected chi connectivity index (χ2v) is 3.55. The minimum Gasteiger partial charge on any atom is -0.478 e. The van der Waals surface area contributed by atoms with E-state index in [-0.39, 0.29) is 6.04 Å². The van der Waals surface area contributed by atoms with Crippen LogP contribution < -0.4 is 9.64 Å². The lowest BCUT2D eigenvalue weighted by molar-refractivity contribution is 0.326. The quantitative estimate of drug-likeness (QED) is 0.724. The Kier molecular flexibility index (Phi) is 4.62. The van der Waals surface area contributed by atoms with E-state index in [2.05, 4.69) is 9.97 Å². The van der Waals surface area contributed by atoms with Crippen LogP contribution in [-0.4, -0.2) is 35.5 Å². The highest BCUT2D eigenvalue weighted by Crippen LogP contribution is 2.13. The molecule has 0 amide bonds. The zero-order valence-corrected chi connectivity index (χ0v) is 10.0. The van der Waals surface area contributed by atoms with Gasteiger partial charge in [-0.05, 0) is 13.8 Å². The molecule has 0 saturated carbocycles. The van der Waals surface area contributed by atoms with Gasteiger partial charge in [-0.15, -0.1) is 11.6 Å². The minimum atomic E-state index is 0.198. The summed E-state index contributed by atoms with van der Waals surface area (Å²) in [5.41, 5.74) is 0. The molecule has 1 rings (SSSR count). The summed E-state index contributed by atoms with van der Waals surface area (Å²) in [5.74, 6) is 1.77. The summed E-state index contributed by atoms with van der Waals surface area (Å²) in [4.78, 5) is 10.4. The van der Waals surface area contributed by atoms with Crippen molar-refractivity contribution in [1.82, 2.24) is 9.97 Å². The number of alkyl halides is 1. The fraction of sp³-hybridized carbons (Fsp3) is 0.600. The molecule has 0 aliphatic rings. The highest BCUT2D eigenvalue weighted by atomic mass is 35.5. The molecule has 0 bridgehead atoms. The maximum Gasteiger partial charge on any atom is 0.228 e. The van der Waals surface area contributed by atoms with Crippen molar-refractivity contribution in [2.24, 2.45) is 0 Å². The van der Waals surface area contributed by atoms with Crippen LogP contribution in [0.25, 0.3) is 0 Å². The Bertz CT molecular complexity index is 308. The molecule has 0 aliphatic heterocycles. The molecule has 0 N–H and O–H groups in total. The van der Waals surface area contributed by atoms with Crippen LogP contribution in [0.4, 0.5) is 5.95 Å². The van der Waals surface area contributed by atoms with Crippen molar-refractivity contribution < 1.29 is 4.74 Å². The van der Waals surface area contributed by atoms with Crippen LogP contribution >= 0.6 is 11.6 Å². The average molecular weight is 230 g/mol. The Morgan fingerprint density at radius 2 is 2.33 bits per heavy atom. The molecule has 0 radical (unpaired) electrons. The van der Waals surface area contributed by atoms with Crippen LogP contribution in [0.15, 0.2) is 12.3 Å². The standard InChI is InChI=1S/C10H16ClN3O/c1-4-15-9-5-6-12-10(13-9)14(3)8(2)7-11/h5-6,8H,4,7H2,1-3H3. The Balaban J connectivity index is 2.80. The molecular formula is C10H16ClN3O. The normalized spacial score (nSPS) is 12.3. The number of aromatic nitrogens is 2. The van der Waals surface area contributed by atoms with Crippen molar-refractivity contribution in [3.05, 3.63) is 12.3 Å². The Labute approximate surface area is 95.2 Å². The molecule has 0 aliphatic carbocycles. The molecule has 4 nitrogen and oxygen atoms in total.